The Morgan fingerprint density at radius 1 is 1.07 bits per heavy atom. The van der Waals surface area contributed by atoms with Crippen molar-refractivity contribution in [3.05, 3.63) is 65.4 Å². The largest absolute Gasteiger partial charge is 0.480 e. The zero-order chi connectivity index (χ0) is 19.6. The summed E-state index contributed by atoms with van der Waals surface area (Å²) in [5.41, 5.74) is 3.14. The summed E-state index contributed by atoms with van der Waals surface area (Å²) < 4.78 is 12.4. The average Bonchev–Trinajstić information content (AvgIpc) is 3.08. The predicted molar refractivity (Wildman–Crippen MR) is 105 cm³/mol. The molecule has 0 fully saturated rings. The second kappa shape index (κ2) is 7.66. The third-order valence-electron chi connectivity index (χ3n) is 4.83. The van der Waals surface area contributed by atoms with Crippen LogP contribution in [0.2, 0.25) is 0 Å². The first-order valence-corrected chi connectivity index (χ1v) is 8.93. The highest BCUT2D eigenvalue weighted by atomic mass is 16.5. The van der Waals surface area contributed by atoms with Crippen molar-refractivity contribution in [2.45, 2.75) is 33.3 Å². The number of methoxy groups -OCH3 is 1. The highest BCUT2D eigenvalue weighted by molar-refractivity contribution is 6.07. The Morgan fingerprint density at radius 3 is 2.52 bits per heavy atom. The highest BCUT2D eigenvalue weighted by Gasteiger charge is 2.25. The van der Waals surface area contributed by atoms with Gasteiger partial charge in [-0.3, -0.25) is 9.36 Å². The molecule has 27 heavy (non-hydrogen) atoms. The van der Waals surface area contributed by atoms with Crippen LogP contribution in [-0.2, 0) is 4.74 Å². The topological polar surface area (TPSA) is 57.5 Å². The van der Waals surface area contributed by atoms with Gasteiger partial charge in [-0.25, -0.2) is 4.79 Å². The Labute approximate surface area is 158 Å². The molecular weight excluding hydrogens is 342 g/mol. The molecule has 0 N–H and O–H groups in total. The van der Waals surface area contributed by atoms with Crippen molar-refractivity contribution in [2.24, 2.45) is 0 Å². The molecule has 5 heteroatoms. The van der Waals surface area contributed by atoms with Gasteiger partial charge in [0.15, 0.2) is 6.10 Å². The van der Waals surface area contributed by atoms with Crippen LogP contribution in [0.1, 0.15) is 39.6 Å². The lowest BCUT2D eigenvalue weighted by Gasteiger charge is -2.19. The first-order chi connectivity index (χ1) is 13.0. The number of aryl methyl sites for hydroxylation is 1. The Morgan fingerprint density at radius 2 is 1.81 bits per heavy atom. The third-order valence-corrected chi connectivity index (χ3v) is 4.83. The van der Waals surface area contributed by atoms with E-state index in [1.54, 1.807) is 6.07 Å². The lowest BCUT2D eigenvalue weighted by molar-refractivity contribution is 0.0602. The molecule has 0 saturated carbocycles. The van der Waals surface area contributed by atoms with E-state index in [0.29, 0.717) is 28.6 Å². The van der Waals surface area contributed by atoms with Crippen LogP contribution in [0.15, 0.2) is 48.7 Å². The number of carbonyl (C=O) groups excluding carboxylic acids is 2. The molecular formula is C22H23NO4. The van der Waals surface area contributed by atoms with Gasteiger partial charge in [0.05, 0.1) is 18.2 Å². The summed E-state index contributed by atoms with van der Waals surface area (Å²) in [5.74, 6) is 0.00542. The number of fused-ring (bicyclic) bond motifs is 1. The van der Waals surface area contributed by atoms with Crippen LogP contribution in [0.4, 0.5) is 0 Å². The lowest BCUT2D eigenvalue weighted by atomic mass is 10.1. The predicted octanol–water partition coefficient (Wildman–Crippen LogP) is 4.54. The number of aromatic nitrogens is 1. The summed E-state index contributed by atoms with van der Waals surface area (Å²) >= 11 is 0. The Balaban J connectivity index is 2.01. The Kier molecular flexibility index (Phi) is 5.31. The van der Waals surface area contributed by atoms with Gasteiger partial charge in [-0.15, -0.1) is 0 Å². The summed E-state index contributed by atoms with van der Waals surface area (Å²) in [6.07, 6.45) is 1.38. The molecule has 1 aromatic heterocycles. The molecule has 0 spiro atoms. The van der Waals surface area contributed by atoms with Gasteiger partial charge in [-0.2, -0.15) is 0 Å². The molecule has 2 aromatic carbocycles. The fourth-order valence-electron chi connectivity index (χ4n) is 3.10. The zero-order valence-electron chi connectivity index (χ0n) is 16.0. The molecule has 0 aliphatic rings. The quantitative estimate of drug-likeness (QED) is 0.623. The Hall–Kier alpha value is -3.08. The fraction of sp³-hybridized carbons (Fsp3) is 0.273. The van der Waals surface area contributed by atoms with Crippen LogP contribution in [0.25, 0.3) is 10.9 Å². The second-order valence-electron chi connectivity index (χ2n) is 6.47. The number of carbonyl (C=O) groups is 2. The minimum atomic E-state index is -0.660. The maximum Gasteiger partial charge on any atom is 0.340 e. The summed E-state index contributed by atoms with van der Waals surface area (Å²) in [7, 11) is 1.33. The highest BCUT2D eigenvalue weighted by Crippen LogP contribution is 2.26. The average molecular weight is 365 g/mol. The summed E-state index contributed by atoms with van der Waals surface area (Å²) in [4.78, 5) is 25.3. The Bertz CT molecular complexity index is 1000. The van der Waals surface area contributed by atoms with E-state index < -0.39 is 12.1 Å². The minimum absolute atomic E-state index is 0.218. The van der Waals surface area contributed by atoms with Crippen LogP contribution in [-0.4, -0.2) is 29.7 Å². The third kappa shape index (κ3) is 3.45. The van der Waals surface area contributed by atoms with Crippen molar-refractivity contribution in [3.63, 3.8) is 0 Å². The van der Waals surface area contributed by atoms with Crippen molar-refractivity contribution in [1.29, 1.82) is 0 Å². The van der Waals surface area contributed by atoms with Gasteiger partial charge in [-0.05, 0) is 43.5 Å². The molecule has 140 valence electrons. The van der Waals surface area contributed by atoms with Crippen molar-refractivity contribution >= 4 is 22.8 Å². The van der Waals surface area contributed by atoms with Crippen molar-refractivity contribution < 1.29 is 19.1 Å². The van der Waals surface area contributed by atoms with Crippen LogP contribution >= 0.6 is 0 Å². The second-order valence-corrected chi connectivity index (χ2v) is 6.47. The molecule has 3 aromatic rings. The molecule has 1 heterocycles. The number of hydrogen-bond acceptors (Lipinski definition) is 4. The van der Waals surface area contributed by atoms with Gasteiger partial charge < -0.3 is 9.47 Å². The van der Waals surface area contributed by atoms with Crippen molar-refractivity contribution in [2.75, 3.05) is 7.11 Å². The first kappa shape index (κ1) is 18.7. The molecule has 3 rings (SSSR count). The van der Waals surface area contributed by atoms with Crippen LogP contribution < -0.4 is 4.74 Å². The fourth-order valence-corrected chi connectivity index (χ4v) is 3.10. The van der Waals surface area contributed by atoms with Gasteiger partial charge in [0.2, 0.25) is 0 Å². The van der Waals surface area contributed by atoms with Gasteiger partial charge in [0.25, 0.3) is 5.91 Å². The van der Waals surface area contributed by atoms with E-state index >= 15 is 0 Å². The number of nitrogens with zero attached hydrogens (tertiary/aromatic N) is 1. The van der Waals surface area contributed by atoms with E-state index in [4.69, 9.17) is 9.47 Å². The smallest absolute Gasteiger partial charge is 0.340 e. The van der Waals surface area contributed by atoms with Crippen LogP contribution in [0.3, 0.4) is 0 Å². The summed E-state index contributed by atoms with van der Waals surface area (Å²) in [5, 5.41) is 0.680. The molecule has 0 aliphatic heterocycles. The SMILES string of the molecule is CC[C@@H](Oc1cccc(C)c1C)C(=O)n1cc(C(=O)OC)c2ccccc21. The molecule has 0 saturated heterocycles. The van der Waals surface area contributed by atoms with E-state index in [9.17, 15) is 9.59 Å². The van der Waals surface area contributed by atoms with Crippen LogP contribution in [0, 0.1) is 13.8 Å². The summed E-state index contributed by atoms with van der Waals surface area (Å²) in [6.45, 7) is 5.88. The molecule has 0 unspecified atom stereocenters. The monoisotopic (exact) mass is 365 g/mol. The molecule has 1 atom stereocenters. The minimum Gasteiger partial charge on any atom is -0.480 e. The molecule has 0 bridgehead atoms. The van der Waals surface area contributed by atoms with E-state index in [-0.39, 0.29) is 5.91 Å². The van der Waals surface area contributed by atoms with E-state index in [2.05, 4.69) is 0 Å². The first-order valence-electron chi connectivity index (χ1n) is 8.93. The maximum atomic E-state index is 13.2. The zero-order valence-corrected chi connectivity index (χ0v) is 16.0. The molecule has 0 radical (unpaired) electrons. The number of para-hydroxylation sites is 1. The van der Waals surface area contributed by atoms with Gasteiger partial charge in [0.1, 0.15) is 5.75 Å². The van der Waals surface area contributed by atoms with Gasteiger partial charge >= 0.3 is 5.97 Å². The number of benzene rings is 2. The number of esters is 1. The van der Waals surface area contributed by atoms with Crippen LogP contribution in [0.5, 0.6) is 5.75 Å². The standard InChI is InChI=1S/C22H23NO4/c1-5-19(27-20-12-8-9-14(2)15(20)3)21(24)23-13-17(22(25)26-4)16-10-6-7-11-18(16)23/h6-13,19H,5H2,1-4H3/t19-/m1/s1. The van der Waals surface area contributed by atoms with Gasteiger partial charge in [0, 0.05) is 11.6 Å². The molecule has 0 amide bonds. The van der Waals surface area contributed by atoms with E-state index in [1.807, 2.05) is 57.2 Å². The van der Waals surface area contributed by atoms with Gasteiger partial charge in [-0.1, -0.05) is 37.3 Å². The van der Waals surface area contributed by atoms with Crippen molar-refractivity contribution in [1.82, 2.24) is 4.57 Å². The maximum absolute atomic E-state index is 13.2. The lowest BCUT2D eigenvalue weighted by Crippen LogP contribution is -2.31. The van der Waals surface area contributed by atoms with E-state index in [1.165, 1.54) is 17.9 Å². The summed E-state index contributed by atoms with van der Waals surface area (Å²) in [6, 6.07) is 13.1. The number of rotatable bonds is 5. The molecule has 0 aliphatic carbocycles. The van der Waals surface area contributed by atoms with Crippen molar-refractivity contribution in [3.8, 4) is 5.75 Å². The number of ether oxygens (including phenoxy) is 2. The molecule has 5 nitrogen and oxygen atoms in total. The normalized spacial score (nSPS) is 12.0. The van der Waals surface area contributed by atoms with E-state index in [0.717, 1.165) is 11.1 Å². The number of hydrogen-bond donors (Lipinski definition) is 0.